The van der Waals surface area contributed by atoms with Crippen LogP contribution in [0.4, 0.5) is 22.4 Å². The molecule has 0 unspecified atom stereocenters. The Morgan fingerprint density at radius 3 is 2.19 bits per heavy atom. The number of hydrogen-bond donors (Lipinski definition) is 1. The maximum absolute atomic E-state index is 14.2. The summed E-state index contributed by atoms with van der Waals surface area (Å²) in [6.45, 7) is 5.79. The highest BCUT2D eigenvalue weighted by atomic mass is 32.2. The Balaban J connectivity index is 3.09. The Kier molecular flexibility index (Phi) is 6.74. The standard InChI is InChI=1S/C14H21F4NO7S/c1-5-24-10(20)13(19-11(21)25-12(2,3)4)6-8(15)9(7-13)26-27(22,23)14(16,17)18/h8-9H,5-7H2,1-4H3,(H,19,21)/t8-,9-,13-/m0/s1. The normalized spacial score (nSPS) is 26.5. The van der Waals surface area contributed by atoms with Crippen molar-refractivity contribution in [2.24, 2.45) is 0 Å². The number of esters is 1. The number of rotatable bonds is 5. The van der Waals surface area contributed by atoms with Crippen molar-refractivity contribution in [3.63, 3.8) is 0 Å². The maximum atomic E-state index is 14.2. The third-order valence-electron chi connectivity index (χ3n) is 3.44. The summed E-state index contributed by atoms with van der Waals surface area (Å²) in [6.07, 6.45) is -7.32. The molecule has 1 N–H and O–H groups in total. The van der Waals surface area contributed by atoms with Gasteiger partial charge in [-0.15, -0.1) is 0 Å². The van der Waals surface area contributed by atoms with E-state index in [-0.39, 0.29) is 6.61 Å². The molecule has 1 aliphatic rings. The summed E-state index contributed by atoms with van der Waals surface area (Å²) in [5.74, 6) is -1.14. The van der Waals surface area contributed by atoms with E-state index in [0.29, 0.717) is 0 Å². The highest BCUT2D eigenvalue weighted by Crippen LogP contribution is 2.38. The van der Waals surface area contributed by atoms with Crippen LogP contribution in [0.5, 0.6) is 0 Å². The van der Waals surface area contributed by atoms with Crippen molar-refractivity contribution < 1.29 is 49.2 Å². The van der Waals surface area contributed by atoms with Crippen LogP contribution in [-0.2, 0) is 28.6 Å². The molecule has 0 saturated heterocycles. The highest BCUT2D eigenvalue weighted by Gasteiger charge is 2.58. The van der Waals surface area contributed by atoms with Gasteiger partial charge in [0.25, 0.3) is 0 Å². The summed E-state index contributed by atoms with van der Waals surface area (Å²) < 4.78 is 87.5. The first-order valence-electron chi connectivity index (χ1n) is 7.85. The van der Waals surface area contributed by atoms with Gasteiger partial charge in [0.05, 0.1) is 6.61 Å². The average molecular weight is 423 g/mol. The molecule has 1 amide bonds. The molecule has 0 spiro atoms. The lowest BCUT2D eigenvalue weighted by molar-refractivity contribution is -0.151. The predicted octanol–water partition coefficient (Wildman–Crippen LogP) is 2.18. The fourth-order valence-electron chi connectivity index (χ4n) is 2.42. The van der Waals surface area contributed by atoms with E-state index in [1.807, 2.05) is 0 Å². The molecule has 0 aliphatic heterocycles. The van der Waals surface area contributed by atoms with Crippen LogP contribution in [0.15, 0.2) is 0 Å². The van der Waals surface area contributed by atoms with Crippen molar-refractivity contribution in [1.82, 2.24) is 5.32 Å². The van der Waals surface area contributed by atoms with E-state index in [9.17, 15) is 35.6 Å². The summed E-state index contributed by atoms with van der Waals surface area (Å²) in [7, 11) is -6.10. The average Bonchev–Trinajstić information content (AvgIpc) is 2.72. The first-order valence-corrected chi connectivity index (χ1v) is 9.26. The van der Waals surface area contributed by atoms with Crippen LogP contribution < -0.4 is 5.32 Å². The van der Waals surface area contributed by atoms with Crippen molar-refractivity contribution in [1.29, 1.82) is 0 Å². The van der Waals surface area contributed by atoms with Crippen molar-refractivity contribution in [2.75, 3.05) is 6.61 Å². The molecule has 0 aromatic heterocycles. The second kappa shape index (κ2) is 7.78. The predicted molar refractivity (Wildman–Crippen MR) is 82.7 cm³/mol. The molecule has 0 radical (unpaired) electrons. The van der Waals surface area contributed by atoms with E-state index in [0.717, 1.165) is 0 Å². The van der Waals surface area contributed by atoms with Gasteiger partial charge in [-0.05, 0) is 27.7 Å². The zero-order chi connectivity index (χ0) is 21.3. The molecule has 1 fully saturated rings. The van der Waals surface area contributed by atoms with Gasteiger partial charge in [0.15, 0.2) is 0 Å². The van der Waals surface area contributed by atoms with Gasteiger partial charge in [0, 0.05) is 12.8 Å². The number of halogens is 4. The molecule has 1 saturated carbocycles. The summed E-state index contributed by atoms with van der Waals surface area (Å²) in [5, 5.41) is 2.09. The summed E-state index contributed by atoms with van der Waals surface area (Å²) in [6, 6.07) is 0. The lowest BCUT2D eigenvalue weighted by Gasteiger charge is -2.29. The van der Waals surface area contributed by atoms with Gasteiger partial charge in [-0.1, -0.05) is 0 Å². The van der Waals surface area contributed by atoms with Crippen molar-refractivity contribution in [2.45, 2.75) is 69.5 Å². The third kappa shape index (κ3) is 5.92. The molecule has 1 rings (SSSR count). The van der Waals surface area contributed by atoms with Crippen molar-refractivity contribution >= 4 is 22.2 Å². The Morgan fingerprint density at radius 2 is 1.74 bits per heavy atom. The van der Waals surface area contributed by atoms with Crippen LogP contribution in [0.1, 0.15) is 40.5 Å². The smallest absolute Gasteiger partial charge is 0.464 e. The lowest BCUT2D eigenvalue weighted by Crippen LogP contribution is -2.55. The molecule has 0 heterocycles. The van der Waals surface area contributed by atoms with E-state index in [4.69, 9.17) is 9.47 Å². The number of nitrogens with one attached hydrogen (secondary N) is 1. The second-order valence-electron chi connectivity index (χ2n) is 6.89. The zero-order valence-electron chi connectivity index (χ0n) is 15.1. The van der Waals surface area contributed by atoms with Crippen molar-refractivity contribution in [3.05, 3.63) is 0 Å². The maximum Gasteiger partial charge on any atom is 0.523 e. The number of hydrogen-bond acceptors (Lipinski definition) is 7. The molecule has 8 nitrogen and oxygen atoms in total. The molecular formula is C14H21F4NO7S. The topological polar surface area (TPSA) is 108 Å². The quantitative estimate of drug-likeness (QED) is 0.313. The summed E-state index contributed by atoms with van der Waals surface area (Å²) in [5.41, 5.74) is -8.88. The zero-order valence-corrected chi connectivity index (χ0v) is 15.9. The number of alkyl halides is 4. The number of amides is 1. The van der Waals surface area contributed by atoms with Gasteiger partial charge < -0.3 is 14.8 Å². The SMILES string of the molecule is CCOC(=O)[C@@]1(NC(=O)OC(C)(C)C)C[C@H](OS(=O)(=O)C(F)(F)F)[C@@H](F)C1. The summed E-state index contributed by atoms with van der Waals surface area (Å²) in [4.78, 5) is 24.2. The Morgan fingerprint density at radius 1 is 1.19 bits per heavy atom. The van der Waals surface area contributed by atoms with Gasteiger partial charge in [-0.2, -0.15) is 21.6 Å². The Bertz CT molecular complexity index is 674. The minimum atomic E-state index is -6.10. The van der Waals surface area contributed by atoms with Crippen LogP contribution in [0, 0.1) is 0 Å². The van der Waals surface area contributed by atoms with E-state index < -0.39 is 63.9 Å². The van der Waals surface area contributed by atoms with Crippen LogP contribution in [0.25, 0.3) is 0 Å². The lowest BCUT2D eigenvalue weighted by atomic mass is 9.97. The van der Waals surface area contributed by atoms with E-state index in [2.05, 4.69) is 9.50 Å². The highest BCUT2D eigenvalue weighted by molar-refractivity contribution is 7.87. The number of carbonyl (C=O) groups excluding carboxylic acids is 2. The molecule has 27 heavy (non-hydrogen) atoms. The molecule has 13 heteroatoms. The number of ether oxygens (including phenoxy) is 2. The van der Waals surface area contributed by atoms with Crippen molar-refractivity contribution in [3.8, 4) is 0 Å². The van der Waals surface area contributed by atoms with Gasteiger partial charge in [-0.25, -0.2) is 14.0 Å². The fourth-order valence-corrected chi connectivity index (χ4v) is 3.04. The minimum Gasteiger partial charge on any atom is -0.464 e. The van der Waals surface area contributed by atoms with Crippen LogP contribution in [0.2, 0.25) is 0 Å². The van der Waals surface area contributed by atoms with Crippen LogP contribution in [-0.4, -0.2) is 56.0 Å². The van der Waals surface area contributed by atoms with E-state index in [1.165, 1.54) is 27.7 Å². The fraction of sp³-hybridized carbons (Fsp3) is 0.857. The van der Waals surface area contributed by atoms with Crippen LogP contribution in [0.3, 0.4) is 0 Å². The third-order valence-corrected chi connectivity index (χ3v) is 4.50. The molecular weight excluding hydrogens is 402 g/mol. The Hall–Kier alpha value is -1.63. The molecule has 0 aromatic rings. The second-order valence-corrected chi connectivity index (χ2v) is 8.45. The molecule has 3 atom stereocenters. The summed E-state index contributed by atoms with van der Waals surface area (Å²) >= 11 is 0. The largest absolute Gasteiger partial charge is 0.523 e. The van der Waals surface area contributed by atoms with Gasteiger partial charge in [-0.3, -0.25) is 4.18 Å². The first kappa shape index (κ1) is 23.4. The van der Waals surface area contributed by atoms with Gasteiger partial charge in [0.1, 0.15) is 23.4 Å². The molecule has 158 valence electrons. The minimum absolute atomic E-state index is 0.167. The van der Waals surface area contributed by atoms with E-state index in [1.54, 1.807) is 0 Å². The van der Waals surface area contributed by atoms with Gasteiger partial charge >= 0.3 is 27.7 Å². The molecule has 0 aromatic carbocycles. The molecule has 0 bridgehead atoms. The first-order chi connectivity index (χ1) is 12.0. The number of carbonyl (C=O) groups is 2. The van der Waals surface area contributed by atoms with E-state index >= 15 is 0 Å². The van der Waals surface area contributed by atoms with Gasteiger partial charge in [0.2, 0.25) is 0 Å². The van der Waals surface area contributed by atoms with Crippen LogP contribution >= 0.6 is 0 Å². The number of alkyl carbamates (subject to hydrolysis) is 1. The Labute approximate surface area is 153 Å². The monoisotopic (exact) mass is 423 g/mol. The molecule has 1 aliphatic carbocycles.